The Morgan fingerprint density at radius 1 is 0.854 bits per heavy atom. The van der Waals surface area contributed by atoms with Crippen molar-refractivity contribution in [3.05, 3.63) is 150 Å². The lowest BCUT2D eigenvalue weighted by molar-refractivity contribution is 0.718. The van der Waals surface area contributed by atoms with E-state index in [1.807, 2.05) is 0 Å². The topological polar surface area (TPSA) is 6.48 Å². The summed E-state index contributed by atoms with van der Waals surface area (Å²) in [6.45, 7) is 7.38. The summed E-state index contributed by atoms with van der Waals surface area (Å²) in [5, 5.41) is 0. The molecule has 0 heterocycles. The van der Waals surface area contributed by atoms with E-state index in [1.165, 1.54) is 45.0 Å². The number of anilines is 3. The highest BCUT2D eigenvalue weighted by molar-refractivity contribution is 5.72. The second kappa shape index (κ2) is 13.9. The number of hydrogen-bond acceptors (Lipinski definition) is 2. The van der Waals surface area contributed by atoms with Crippen LogP contribution in [-0.4, -0.2) is 12.6 Å². The van der Waals surface area contributed by atoms with E-state index in [9.17, 15) is 0 Å². The van der Waals surface area contributed by atoms with Gasteiger partial charge < -0.3 is 9.80 Å². The predicted molar refractivity (Wildman–Crippen MR) is 179 cm³/mol. The zero-order valence-electron chi connectivity index (χ0n) is 24.7. The van der Waals surface area contributed by atoms with Crippen LogP contribution < -0.4 is 9.80 Å². The molecule has 0 aliphatic heterocycles. The number of hydrogen-bond donors (Lipinski definition) is 0. The van der Waals surface area contributed by atoms with Crippen molar-refractivity contribution < 1.29 is 0 Å². The van der Waals surface area contributed by atoms with E-state index in [0.717, 1.165) is 32.2 Å². The van der Waals surface area contributed by atoms with Crippen LogP contribution in [0.15, 0.2) is 150 Å². The molecule has 0 saturated heterocycles. The van der Waals surface area contributed by atoms with Gasteiger partial charge in [0.25, 0.3) is 0 Å². The predicted octanol–water partition coefficient (Wildman–Crippen LogP) is 10.7. The van der Waals surface area contributed by atoms with E-state index in [1.54, 1.807) is 0 Å². The van der Waals surface area contributed by atoms with Gasteiger partial charge in [-0.15, -0.1) is 0 Å². The molecule has 1 unspecified atom stereocenters. The third-order valence-electron chi connectivity index (χ3n) is 7.80. The van der Waals surface area contributed by atoms with Crippen LogP contribution in [0.5, 0.6) is 0 Å². The zero-order chi connectivity index (χ0) is 28.4. The Morgan fingerprint density at radius 2 is 1.54 bits per heavy atom. The van der Waals surface area contributed by atoms with Crippen molar-refractivity contribution in [3.8, 4) is 11.1 Å². The van der Waals surface area contributed by atoms with E-state index in [0.29, 0.717) is 6.04 Å². The first-order chi connectivity index (χ1) is 20.1. The standard InChI is InChI=1S/C39H42N2/c1-4-5-13-31(2)28-29-40(35-15-8-6-9-16-35)36-24-20-33(21-25-36)34-22-26-38(27-23-34)41(37-17-10-7-11-18-37)39-19-12-14-32(3)30-39/h5-11,13-17,20-28,30,37H,4,12,18-19,29H2,1-3H3/b13-5-,31-28-. The van der Waals surface area contributed by atoms with Crippen LogP contribution in [0.3, 0.4) is 0 Å². The molecule has 0 aromatic heterocycles. The number of para-hydroxylation sites is 1. The van der Waals surface area contributed by atoms with E-state index in [4.69, 9.17) is 0 Å². The van der Waals surface area contributed by atoms with Crippen molar-refractivity contribution in [2.24, 2.45) is 0 Å². The first kappa shape index (κ1) is 28.2. The van der Waals surface area contributed by atoms with E-state index in [-0.39, 0.29) is 0 Å². The molecule has 0 saturated carbocycles. The average Bonchev–Trinajstić information content (AvgIpc) is 3.02. The smallest absolute Gasteiger partial charge is 0.0556 e. The van der Waals surface area contributed by atoms with Gasteiger partial charge in [-0.25, -0.2) is 0 Å². The summed E-state index contributed by atoms with van der Waals surface area (Å²) in [6, 6.07) is 29.1. The minimum absolute atomic E-state index is 0.349. The molecule has 2 nitrogen and oxygen atoms in total. The Hall–Kier alpha value is -4.30. The average molecular weight is 539 g/mol. The number of allylic oxidation sites excluding steroid dienone is 9. The Balaban J connectivity index is 1.38. The molecule has 3 aromatic carbocycles. The molecular weight excluding hydrogens is 496 g/mol. The maximum atomic E-state index is 2.53. The summed E-state index contributed by atoms with van der Waals surface area (Å²) in [7, 11) is 0. The third kappa shape index (κ3) is 7.27. The van der Waals surface area contributed by atoms with Gasteiger partial charge in [-0.3, -0.25) is 0 Å². The lowest BCUT2D eigenvalue weighted by Crippen LogP contribution is -2.34. The minimum Gasteiger partial charge on any atom is -0.338 e. The molecule has 0 radical (unpaired) electrons. The Kier molecular flexibility index (Phi) is 9.54. The SMILES string of the molecule is CC/C=C\C(C)=C/CN(c1ccccc1)c1ccc(-c2ccc(N(C3=CC(C)=CCC3)C3C=CC=CC3)cc2)cc1. The van der Waals surface area contributed by atoms with Crippen molar-refractivity contribution >= 4 is 17.1 Å². The minimum atomic E-state index is 0.349. The summed E-state index contributed by atoms with van der Waals surface area (Å²) in [4.78, 5) is 4.90. The fraction of sp³-hybridized carbons (Fsp3) is 0.231. The Bertz CT molecular complexity index is 1460. The fourth-order valence-electron chi connectivity index (χ4n) is 5.58. The fourth-order valence-corrected chi connectivity index (χ4v) is 5.58. The van der Waals surface area contributed by atoms with Crippen molar-refractivity contribution in [1.29, 1.82) is 0 Å². The second-order valence-corrected chi connectivity index (χ2v) is 10.9. The van der Waals surface area contributed by atoms with E-state index in [2.05, 4.69) is 164 Å². The van der Waals surface area contributed by atoms with Crippen LogP contribution in [-0.2, 0) is 0 Å². The summed E-state index contributed by atoms with van der Waals surface area (Å²) in [5.41, 5.74) is 10.2. The monoisotopic (exact) mass is 538 g/mol. The second-order valence-electron chi connectivity index (χ2n) is 10.9. The van der Waals surface area contributed by atoms with Crippen molar-refractivity contribution in [3.63, 3.8) is 0 Å². The molecule has 2 heteroatoms. The van der Waals surface area contributed by atoms with Crippen molar-refractivity contribution in [2.75, 3.05) is 16.3 Å². The lowest BCUT2D eigenvalue weighted by atomic mass is 9.98. The first-order valence-electron chi connectivity index (χ1n) is 15.0. The van der Waals surface area contributed by atoms with Gasteiger partial charge in [-0.2, -0.15) is 0 Å². The highest BCUT2D eigenvalue weighted by atomic mass is 15.2. The first-order valence-corrected chi connectivity index (χ1v) is 15.0. The molecule has 0 spiro atoms. The van der Waals surface area contributed by atoms with Crippen LogP contribution in [0.4, 0.5) is 17.1 Å². The molecule has 0 amide bonds. The molecule has 2 aliphatic carbocycles. The number of rotatable bonds is 10. The summed E-state index contributed by atoms with van der Waals surface area (Å²) in [5.74, 6) is 0. The Morgan fingerprint density at radius 3 is 2.17 bits per heavy atom. The largest absolute Gasteiger partial charge is 0.338 e. The normalized spacial score (nSPS) is 17.0. The molecule has 208 valence electrons. The molecule has 5 rings (SSSR count). The highest BCUT2D eigenvalue weighted by Crippen LogP contribution is 2.34. The highest BCUT2D eigenvalue weighted by Gasteiger charge is 2.22. The molecule has 41 heavy (non-hydrogen) atoms. The molecule has 0 N–H and O–H groups in total. The maximum Gasteiger partial charge on any atom is 0.0556 e. The van der Waals surface area contributed by atoms with Gasteiger partial charge in [0.2, 0.25) is 0 Å². The van der Waals surface area contributed by atoms with Crippen molar-refractivity contribution in [1.82, 2.24) is 0 Å². The summed E-state index contributed by atoms with van der Waals surface area (Å²) >= 11 is 0. The summed E-state index contributed by atoms with van der Waals surface area (Å²) < 4.78 is 0. The summed E-state index contributed by atoms with van der Waals surface area (Å²) in [6.07, 6.45) is 24.6. The molecule has 0 bridgehead atoms. The number of benzene rings is 3. The molecule has 1 atom stereocenters. The molecule has 2 aliphatic rings. The van der Waals surface area contributed by atoms with Gasteiger partial charge in [0, 0.05) is 29.3 Å². The van der Waals surface area contributed by atoms with Gasteiger partial charge in [-0.1, -0.05) is 109 Å². The van der Waals surface area contributed by atoms with E-state index < -0.39 is 0 Å². The maximum absolute atomic E-state index is 2.53. The van der Waals surface area contributed by atoms with Crippen LogP contribution in [0.25, 0.3) is 11.1 Å². The van der Waals surface area contributed by atoms with Crippen molar-refractivity contribution in [2.45, 2.75) is 52.5 Å². The van der Waals surface area contributed by atoms with Crippen LogP contribution in [0.1, 0.15) is 46.5 Å². The zero-order valence-corrected chi connectivity index (χ0v) is 24.7. The van der Waals surface area contributed by atoms with Gasteiger partial charge in [0.15, 0.2) is 0 Å². The molecular formula is C39H42N2. The third-order valence-corrected chi connectivity index (χ3v) is 7.80. The molecule has 0 fully saturated rings. The van der Waals surface area contributed by atoms with Gasteiger partial charge in [0.05, 0.1) is 6.04 Å². The van der Waals surface area contributed by atoms with Gasteiger partial charge in [-0.05, 0) is 93.1 Å². The van der Waals surface area contributed by atoms with Gasteiger partial charge >= 0.3 is 0 Å². The number of nitrogens with zero attached hydrogens (tertiary/aromatic N) is 2. The van der Waals surface area contributed by atoms with Gasteiger partial charge in [0.1, 0.15) is 0 Å². The van der Waals surface area contributed by atoms with Crippen LogP contribution in [0, 0.1) is 0 Å². The quantitative estimate of drug-likeness (QED) is 0.237. The lowest BCUT2D eigenvalue weighted by Gasteiger charge is -2.35. The van der Waals surface area contributed by atoms with E-state index >= 15 is 0 Å². The Labute approximate surface area is 247 Å². The van der Waals surface area contributed by atoms with Crippen LogP contribution >= 0.6 is 0 Å². The molecule has 3 aromatic rings. The van der Waals surface area contributed by atoms with Crippen LogP contribution in [0.2, 0.25) is 0 Å².